The molecule has 0 atom stereocenters. The van der Waals surface area contributed by atoms with Gasteiger partial charge in [-0.2, -0.15) is 0 Å². The molecule has 0 fully saturated rings. The molecule has 1 rings (SSSR count). The summed E-state index contributed by atoms with van der Waals surface area (Å²) < 4.78 is 4.86. The second-order valence-electron chi connectivity index (χ2n) is 5.23. The van der Waals surface area contributed by atoms with Gasteiger partial charge in [-0.05, 0) is 24.5 Å². The van der Waals surface area contributed by atoms with Crippen molar-refractivity contribution in [1.82, 2.24) is 5.32 Å². The van der Waals surface area contributed by atoms with Gasteiger partial charge in [-0.25, -0.2) is 0 Å². The number of hydrogen-bond donors (Lipinski definition) is 1. The molecular formula is C15H20N2O5S. The van der Waals surface area contributed by atoms with Gasteiger partial charge in [-0.15, -0.1) is 11.8 Å². The third kappa shape index (κ3) is 8.20. The Morgan fingerprint density at radius 3 is 2.52 bits per heavy atom. The zero-order valence-corrected chi connectivity index (χ0v) is 13.9. The summed E-state index contributed by atoms with van der Waals surface area (Å²) in [4.78, 5) is 33.7. The van der Waals surface area contributed by atoms with Crippen LogP contribution in [0.1, 0.15) is 20.3 Å². The second kappa shape index (κ2) is 9.83. The Hall–Kier alpha value is -2.09. The zero-order valence-electron chi connectivity index (χ0n) is 13.1. The van der Waals surface area contributed by atoms with E-state index in [1.54, 1.807) is 12.1 Å². The summed E-state index contributed by atoms with van der Waals surface area (Å²) >= 11 is 1.19. The van der Waals surface area contributed by atoms with Gasteiger partial charge < -0.3 is 10.1 Å². The predicted molar refractivity (Wildman–Crippen MR) is 87.2 cm³/mol. The molecule has 0 aromatic heterocycles. The van der Waals surface area contributed by atoms with Crippen LogP contribution in [0.5, 0.6) is 0 Å². The summed E-state index contributed by atoms with van der Waals surface area (Å²) in [7, 11) is 0. The molecule has 0 spiro atoms. The summed E-state index contributed by atoms with van der Waals surface area (Å²) in [5.74, 6) is -0.292. The van der Waals surface area contributed by atoms with Crippen molar-refractivity contribution < 1.29 is 19.2 Å². The van der Waals surface area contributed by atoms with Crippen molar-refractivity contribution in [2.75, 3.05) is 18.9 Å². The van der Waals surface area contributed by atoms with Crippen molar-refractivity contribution >= 4 is 29.3 Å². The number of nitrogens with one attached hydrogen (secondary N) is 1. The van der Waals surface area contributed by atoms with Crippen LogP contribution in [0.2, 0.25) is 0 Å². The molecule has 23 heavy (non-hydrogen) atoms. The molecule has 1 amide bonds. The van der Waals surface area contributed by atoms with Crippen molar-refractivity contribution in [1.29, 1.82) is 0 Å². The van der Waals surface area contributed by atoms with E-state index in [1.807, 2.05) is 0 Å². The van der Waals surface area contributed by atoms with Gasteiger partial charge in [0.1, 0.15) is 0 Å². The molecular weight excluding hydrogens is 320 g/mol. The number of nitro groups is 1. The van der Waals surface area contributed by atoms with E-state index in [0.29, 0.717) is 17.4 Å². The van der Waals surface area contributed by atoms with E-state index in [0.717, 1.165) is 6.42 Å². The van der Waals surface area contributed by atoms with Crippen LogP contribution < -0.4 is 5.32 Å². The van der Waals surface area contributed by atoms with Crippen LogP contribution >= 0.6 is 11.8 Å². The van der Waals surface area contributed by atoms with Crippen molar-refractivity contribution in [2.24, 2.45) is 5.92 Å². The highest BCUT2D eigenvalue weighted by molar-refractivity contribution is 8.00. The maximum absolute atomic E-state index is 11.5. The van der Waals surface area contributed by atoms with E-state index in [2.05, 4.69) is 19.2 Å². The van der Waals surface area contributed by atoms with Crippen LogP contribution in [0.25, 0.3) is 0 Å². The van der Waals surface area contributed by atoms with Crippen LogP contribution in [0.3, 0.4) is 0 Å². The molecule has 7 nitrogen and oxygen atoms in total. The van der Waals surface area contributed by atoms with Gasteiger partial charge in [-0.1, -0.05) is 13.8 Å². The molecule has 0 aliphatic carbocycles. The smallest absolute Gasteiger partial charge is 0.316 e. The lowest BCUT2D eigenvalue weighted by Crippen LogP contribution is -2.30. The average molecular weight is 340 g/mol. The molecule has 0 bridgehead atoms. The Kier molecular flexibility index (Phi) is 8.10. The first kappa shape index (κ1) is 19.0. The number of benzene rings is 1. The van der Waals surface area contributed by atoms with Crippen molar-refractivity contribution in [2.45, 2.75) is 25.2 Å². The van der Waals surface area contributed by atoms with Crippen LogP contribution in [-0.2, 0) is 14.3 Å². The van der Waals surface area contributed by atoms with E-state index >= 15 is 0 Å². The minimum Gasteiger partial charge on any atom is -0.455 e. The predicted octanol–water partition coefficient (Wildman–Crippen LogP) is 2.39. The minimum absolute atomic E-state index is 0.00463. The normalized spacial score (nSPS) is 10.4. The minimum atomic E-state index is -0.507. The molecule has 1 aromatic rings. The monoisotopic (exact) mass is 340 g/mol. The van der Waals surface area contributed by atoms with Crippen LogP contribution in [0.15, 0.2) is 29.2 Å². The van der Waals surface area contributed by atoms with Crippen molar-refractivity contribution in [3.8, 4) is 0 Å². The van der Waals surface area contributed by atoms with Gasteiger partial charge in [-0.3, -0.25) is 19.7 Å². The third-order valence-corrected chi connectivity index (χ3v) is 3.80. The highest BCUT2D eigenvalue weighted by atomic mass is 32.2. The quantitative estimate of drug-likeness (QED) is 0.321. The summed E-state index contributed by atoms with van der Waals surface area (Å²) in [6.07, 6.45) is 0.871. The number of thioether (sulfide) groups is 1. The largest absolute Gasteiger partial charge is 0.455 e. The first-order chi connectivity index (χ1) is 10.9. The maximum atomic E-state index is 11.5. The van der Waals surface area contributed by atoms with Crippen LogP contribution in [0, 0.1) is 16.0 Å². The van der Waals surface area contributed by atoms with Gasteiger partial charge in [0.25, 0.3) is 11.6 Å². The van der Waals surface area contributed by atoms with E-state index < -0.39 is 10.9 Å². The van der Waals surface area contributed by atoms with Gasteiger partial charge in [0, 0.05) is 23.6 Å². The van der Waals surface area contributed by atoms with Crippen LogP contribution in [-0.4, -0.2) is 35.7 Å². The Balaban J connectivity index is 2.23. The second-order valence-corrected chi connectivity index (χ2v) is 6.28. The van der Waals surface area contributed by atoms with E-state index in [4.69, 9.17) is 4.74 Å². The number of rotatable bonds is 9. The summed E-state index contributed by atoms with van der Waals surface area (Å²) in [5, 5.41) is 13.2. The first-order valence-corrected chi connectivity index (χ1v) is 8.16. The summed E-state index contributed by atoms with van der Waals surface area (Å²) in [6, 6.07) is 5.87. The Bertz CT molecular complexity index is 545. The molecule has 126 valence electrons. The van der Waals surface area contributed by atoms with Gasteiger partial charge in [0.2, 0.25) is 0 Å². The van der Waals surface area contributed by atoms with Crippen LogP contribution in [0.4, 0.5) is 5.69 Å². The summed E-state index contributed by atoms with van der Waals surface area (Å²) in [6.45, 7) is 4.38. The highest BCUT2D eigenvalue weighted by Crippen LogP contribution is 2.21. The number of amides is 1. The molecule has 0 aliphatic heterocycles. The Morgan fingerprint density at radius 2 is 1.96 bits per heavy atom. The molecule has 0 saturated heterocycles. The van der Waals surface area contributed by atoms with Gasteiger partial charge in [0.05, 0.1) is 10.7 Å². The SMILES string of the molecule is CC(C)CCNC(=O)COC(=O)CSc1ccc([N+](=O)[O-])cc1. The van der Waals surface area contributed by atoms with Gasteiger partial charge >= 0.3 is 5.97 Å². The number of esters is 1. The molecule has 0 saturated carbocycles. The van der Waals surface area contributed by atoms with Crippen molar-refractivity contribution in [3.63, 3.8) is 0 Å². The fourth-order valence-corrected chi connectivity index (χ4v) is 2.24. The molecule has 8 heteroatoms. The van der Waals surface area contributed by atoms with Crippen molar-refractivity contribution in [3.05, 3.63) is 34.4 Å². The highest BCUT2D eigenvalue weighted by Gasteiger charge is 2.09. The fraction of sp³-hybridized carbons (Fsp3) is 0.467. The number of non-ortho nitro benzene ring substituents is 1. The number of ether oxygens (including phenoxy) is 1. The molecule has 1 N–H and O–H groups in total. The molecule has 0 aliphatic rings. The Labute approximate surface area is 138 Å². The molecule has 0 radical (unpaired) electrons. The number of carbonyl (C=O) groups is 2. The standard InChI is InChI=1S/C15H20N2O5S/c1-11(2)7-8-16-14(18)9-22-15(19)10-23-13-5-3-12(4-6-13)17(20)21/h3-6,11H,7-10H2,1-2H3,(H,16,18). The van der Waals surface area contributed by atoms with Gasteiger partial charge in [0.15, 0.2) is 6.61 Å². The zero-order chi connectivity index (χ0) is 17.2. The first-order valence-electron chi connectivity index (χ1n) is 7.18. The lowest BCUT2D eigenvalue weighted by atomic mass is 10.1. The number of nitro benzene ring substituents is 1. The molecule has 1 aromatic carbocycles. The Morgan fingerprint density at radius 1 is 1.30 bits per heavy atom. The maximum Gasteiger partial charge on any atom is 0.316 e. The summed E-state index contributed by atoms with van der Waals surface area (Å²) in [5.41, 5.74) is -0.00463. The lowest BCUT2D eigenvalue weighted by molar-refractivity contribution is -0.384. The molecule has 0 unspecified atom stereocenters. The topological polar surface area (TPSA) is 98.5 Å². The number of nitrogens with zero attached hydrogens (tertiary/aromatic N) is 1. The third-order valence-electron chi connectivity index (χ3n) is 2.81. The molecule has 0 heterocycles. The van der Waals surface area contributed by atoms with E-state index in [-0.39, 0.29) is 24.0 Å². The fourth-order valence-electron chi connectivity index (χ4n) is 1.55. The number of hydrogen-bond acceptors (Lipinski definition) is 6. The number of carbonyl (C=O) groups excluding carboxylic acids is 2. The average Bonchev–Trinajstić information content (AvgIpc) is 2.51. The van der Waals surface area contributed by atoms with E-state index in [1.165, 1.54) is 23.9 Å². The van der Waals surface area contributed by atoms with E-state index in [9.17, 15) is 19.7 Å². The lowest BCUT2D eigenvalue weighted by Gasteiger charge is -2.08.